The van der Waals surface area contributed by atoms with E-state index in [9.17, 15) is 32.7 Å². The Bertz CT molecular complexity index is 2350. The lowest BCUT2D eigenvalue weighted by atomic mass is 9.88. The number of methoxy groups -OCH3 is 1. The monoisotopic (exact) mass is 863 g/mol. The summed E-state index contributed by atoms with van der Waals surface area (Å²) in [7, 11) is -2.71. The maximum absolute atomic E-state index is 15.3. The van der Waals surface area contributed by atoms with Crippen molar-refractivity contribution < 1.29 is 51.3 Å². The van der Waals surface area contributed by atoms with E-state index in [2.05, 4.69) is 15.4 Å². The largest absolute Gasteiger partial charge is 0.494 e. The number of carboxylic acid groups (broad SMARTS) is 1. The van der Waals surface area contributed by atoms with Crippen LogP contribution in [0.4, 0.5) is 9.18 Å². The quantitative estimate of drug-likeness (QED) is 0.182. The third-order valence-electron chi connectivity index (χ3n) is 12.4. The number of carbonyl (C=O) groups excluding carboxylic acids is 3. The lowest BCUT2D eigenvalue weighted by Gasteiger charge is -2.32. The number of aromatic nitrogens is 1. The highest BCUT2D eigenvalue weighted by atomic mass is 32.2. The number of carbonyl (C=O) groups is 4. The number of hydrogen-bond acceptors (Lipinski definition) is 10. The van der Waals surface area contributed by atoms with Gasteiger partial charge in [0, 0.05) is 23.3 Å². The van der Waals surface area contributed by atoms with Gasteiger partial charge in [-0.25, -0.2) is 22.6 Å². The van der Waals surface area contributed by atoms with E-state index in [1.165, 1.54) is 24.1 Å². The maximum Gasteiger partial charge on any atom is 0.405 e. The lowest BCUT2D eigenvalue weighted by Crippen LogP contribution is -2.59. The van der Waals surface area contributed by atoms with Crippen LogP contribution >= 0.6 is 0 Å². The van der Waals surface area contributed by atoms with Crippen molar-refractivity contribution in [2.45, 2.75) is 114 Å². The second-order valence-electron chi connectivity index (χ2n) is 17.6. The van der Waals surface area contributed by atoms with E-state index < -0.39 is 80.0 Å². The molecule has 1 aromatic heterocycles. The smallest absolute Gasteiger partial charge is 0.405 e. The molecular formula is C44H54FN5O10S. The first kappa shape index (κ1) is 43.6. The molecule has 328 valence electrons. The van der Waals surface area contributed by atoms with Crippen molar-refractivity contribution in [1.82, 2.24) is 25.2 Å². The number of pyridine rings is 1. The SMILES string of the molecule is COc1cc2cc(-c3ccc(OC(C)C)cc3)nc(O[C@@H]3C[C@H]4C(=O)N[C@]5(C(=O)NS(=O)(=O)C6(C)CC6)C[C@H]5C=CCC[C@H](C)C[C@@H](C)[C@H](NC(=O)O)C(=O)N4C3)c2cc1F. The zero-order valence-electron chi connectivity index (χ0n) is 35.2. The summed E-state index contributed by atoms with van der Waals surface area (Å²) in [4.78, 5) is 61.4. The molecule has 0 bridgehead atoms. The summed E-state index contributed by atoms with van der Waals surface area (Å²) in [5, 5.41) is 16.0. The van der Waals surface area contributed by atoms with Crippen LogP contribution in [-0.4, -0.2) is 95.5 Å². The molecule has 2 aromatic carbocycles. The van der Waals surface area contributed by atoms with Crippen LogP contribution in [-0.2, 0) is 24.4 Å². The van der Waals surface area contributed by atoms with Gasteiger partial charge in [0.05, 0.1) is 30.2 Å². The summed E-state index contributed by atoms with van der Waals surface area (Å²) in [5.41, 5.74) is -0.450. The highest BCUT2D eigenvalue weighted by Gasteiger charge is 2.63. The molecule has 4 aliphatic rings. The normalized spacial score (nSPS) is 27.5. The van der Waals surface area contributed by atoms with Crippen LogP contribution in [0.2, 0.25) is 0 Å². The van der Waals surface area contributed by atoms with Gasteiger partial charge in [-0.15, -0.1) is 0 Å². The molecule has 61 heavy (non-hydrogen) atoms. The van der Waals surface area contributed by atoms with Crippen LogP contribution in [0.3, 0.4) is 0 Å². The van der Waals surface area contributed by atoms with Gasteiger partial charge in [-0.2, -0.15) is 0 Å². The number of allylic oxidation sites excluding steroid dienone is 1. The van der Waals surface area contributed by atoms with Gasteiger partial charge >= 0.3 is 6.09 Å². The zero-order valence-corrected chi connectivity index (χ0v) is 36.0. The standard InChI is InChI=1S/C44H54FN5O10S/c1-24(2)59-30-13-11-27(12-14-30)34-18-28-19-36(58-6)33(45)21-32(28)39(46-34)60-31-20-35-38(51)48-44(41(53)49-61(56,57)43(5)15-16-43)22-29(44)10-8-7-9-25(3)17-26(4)37(47-42(54)55)40(52)50(35)23-31/h8,10-14,18-19,21,24-26,29,31,35,37,47H,7,9,15-17,20,22-23H2,1-6H3,(H,48,51)(H,49,53)(H,54,55)/t25-,26+,29+,31+,35-,37-,44+/m0/s1. The van der Waals surface area contributed by atoms with E-state index >= 15 is 4.39 Å². The van der Waals surface area contributed by atoms with E-state index in [4.69, 9.17) is 19.2 Å². The van der Waals surface area contributed by atoms with E-state index in [0.29, 0.717) is 59.9 Å². The number of nitrogens with one attached hydrogen (secondary N) is 3. The first-order valence-corrected chi connectivity index (χ1v) is 22.3. The first-order chi connectivity index (χ1) is 28.8. The zero-order chi connectivity index (χ0) is 44.0. The van der Waals surface area contributed by atoms with Crippen molar-refractivity contribution in [3.05, 3.63) is 60.4 Å². The fourth-order valence-corrected chi connectivity index (χ4v) is 9.79. The van der Waals surface area contributed by atoms with Crippen molar-refractivity contribution in [1.29, 1.82) is 0 Å². The van der Waals surface area contributed by atoms with Crippen LogP contribution in [0.25, 0.3) is 22.0 Å². The Morgan fingerprint density at radius 3 is 2.46 bits per heavy atom. The summed E-state index contributed by atoms with van der Waals surface area (Å²) >= 11 is 0. The molecule has 3 heterocycles. The maximum atomic E-state index is 15.3. The van der Waals surface area contributed by atoms with Crippen molar-refractivity contribution in [3.8, 4) is 28.6 Å². The summed E-state index contributed by atoms with van der Waals surface area (Å²) < 4.78 is 60.6. The summed E-state index contributed by atoms with van der Waals surface area (Å²) in [6.07, 6.45) is 3.96. The second kappa shape index (κ2) is 16.8. The molecule has 2 saturated carbocycles. The van der Waals surface area contributed by atoms with Gasteiger partial charge in [0.1, 0.15) is 29.5 Å². The van der Waals surface area contributed by atoms with Crippen molar-refractivity contribution in [2.75, 3.05) is 13.7 Å². The highest BCUT2D eigenvalue weighted by molar-refractivity contribution is 7.91. The summed E-state index contributed by atoms with van der Waals surface area (Å²) in [6, 6.07) is 9.26. The molecule has 7 rings (SSSR count). The molecule has 1 saturated heterocycles. The van der Waals surface area contributed by atoms with Gasteiger partial charge in [-0.3, -0.25) is 19.1 Å². The molecule has 3 aromatic rings. The molecule has 4 N–H and O–H groups in total. The molecule has 3 fully saturated rings. The summed E-state index contributed by atoms with van der Waals surface area (Å²) in [6.45, 7) is 8.99. The van der Waals surface area contributed by atoms with Crippen LogP contribution in [0, 0.1) is 23.6 Å². The number of nitrogens with zero attached hydrogens (tertiary/aromatic N) is 2. The molecule has 0 radical (unpaired) electrons. The minimum absolute atomic E-state index is 0.00375. The third-order valence-corrected chi connectivity index (χ3v) is 14.6. The van der Waals surface area contributed by atoms with Gasteiger partial charge in [0.2, 0.25) is 27.7 Å². The lowest BCUT2D eigenvalue weighted by molar-refractivity contribution is -0.142. The Kier molecular flexibility index (Phi) is 12.0. The Labute approximate surface area is 354 Å². The van der Waals surface area contributed by atoms with Crippen LogP contribution in [0.15, 0.2) is 54.6 Å². The Morgan fingerprint density at radius 2 is 1.80 bits per heavy atom. The Balaban J connectivity index is 1.26. The van der Waals surface area contributed by atoms with Gasteiger partial charge in [-0.05, 0) is 119 Å². The number of ether oxygens (including phenoxy) is 3. The fraction of sp³-hybridized carbons (Fsp3) is 0.523. The molecule has 2 aliphatic carbocycles. The van der Waals surface area contributed by atoms with Gasteiger partial charge in [0.15, 0.2) is 11.6 Å². The average Bonchev–Trinajstić information content (AvgIpc) is 4.08. The van der Waals surface area contributed by atoms with E-state index in [-0.39, 0.29) is 43.0 Å². The molecule has 4 amide bonds. The average molecular weight is 864 g/mol. The predicted molar refractivity (Wildman–Crippen MR) is 224 cm³/mol. The van der Waals surface area contributed by atoms with Crippen molar-refractivity contribution >= 4 is 44.6 Å². The molecular weight excluding hydrogens is 810 g/mol. The topological polar surface area (TPSA) is 203 Å². The van der Waals surface area contributed by atoms with Gasteiger partial charge < -0.3 is 34.9 Å². The Hall–Kier alpha value is -5.45. The highest BCUT2D eigenvalue weighted by Crippen LogP contribution is 2.48. The van der Waals surface area contributed by atoms with Crippen LogP contribution < -0.4 is 29.6 Å². The minimum atomic E-state index is -4.06. The summed E-state index contributed by atoms with van der Waals surface area (Å²) in [5.74, 6) is -3.19. The van der Waals surface area contributed by atoms with Crippen LogP contribution in [0.5, 0.6) is 17.4 Å². The molecule has 2 aliphatic heterocycles. The van der Waals surface area contributed by atoms with E-state index in [1.807, 2.05) is 45.1 Å². The van der Waals surface area contributed by atoms with Crippen molar-refractivity contribution in [3.63, 3.8) is 0 Å². The number of rotatable bonds is 10. The number of fused-ring (bicyclic) bond motifs is 3. The fourth-order valence-electron chi connectivity index (χ4n) is 8.48. The second-order valence-corrected chi connectivity index (χ2v) is 19.8. The van der Waals surface area contributed by atoms with Gasteiger partial charge in [0.25, 0.3) is 5.91 Å². The molecule has 7 atom stereocenters. The molecule has 0 spiro atoms. The van der Waals surface area contributed by atoms with E-state index in [1.54, 1.807) is 32.0 Å². The third kappa shape index (κ3) is 9.12. The number of benzene rings is 2. The minimum Gasteiger partial charge on any atom is -0.494 e. The van der Waals surface area contributed by atoms with Gasteiger partial charge in [-0.1, -0.05) is 26.0 Å². The first-order valence-electron chi connectivity index (χ1n) is 20.8. The van der Waals surface area contributed by atoms with E-state index in [0.717, 1.165) is 0 Å². The number of hydrogen-bond donors (Lipinski definition) is 4. The predicted octanol–water partition coefficient (Wildman–Crippen LogP) is 5.71. The molecule has 15 nitrogen and oxygen atoms in total. The molecule has 17 heteroatoms. The Morgan fingerprint density at radius 1 is 1.08 bits per heavy atom. The number of amides is 4. The molecule has 0 unspecified atom stereocenters. The number of sulfonamides is 1. The van der Waals surface area contributed by atoms with Crippen molar-refractivity contribution in [2.24, 2.45) is 17.8 Å². The number of halogens is 1. The van der Waals surface area contributed by atoms with Crippen LogP contribution in [0.1, 0.15) is 79.6 Å².